The fourth-order valence-corrected chi connectivity index (χ4v) is 4.00. The number of alkyl halides is 2. The number of aliphatic hydroxyl groups excluding tert-OH is 1. The molecule has 7 nitrogen and oxygen atoms in total. The Morgan fingerprint density at radius 3 is 2.74 bits per heavy atom. The highest BCUT2D eigenvalue weighted by molar-refractivity contribution is 6.30. The lowest BCUT2D eigenvalue weighted by Crippen LogP contribution is -2.55. The molecule has 0 radical (unpaired) electrons. The maximum atomic E-state index is 14.1. The molecular formula is C20H17ClF3N3O4. The summed E-state index contributed by atoms with van der Waals surface area (Å²) in [6.45, 7) is -0.160. The fraction of sp³-hybridized carbons (Fsp3) is 0.300. The number of carbonyl (C=O) groups is 2. The van der Waals surface area contributed by atoms with Gasteiger partial charge in [-0.2, -0.15) is 8.78 Å². The summed E-state index contributed by atoms with van der Waals surface area (Å²) in [6.07, 6.45) is -1.92. The van der Waals surface area contributed by atoms with Crippen LogP contribution >= 0.6 is 11.6 Å². The van der Waals surface area contributed by atoms with Gasteiger partial charge in [0.1, 0.15) is 5.82 Å². The second-order valence-electron chi connectivity index (χ2n) is 7.46. The van der Waals surface area contributed by atoms with Crippen molar-refractivity contribution in [3.05, 3.63) is 58.4 Å². The molecule has 0 aromatic heterocycles. The van der Waals surface area contributed by atoms with Crippen LogP contribution in [0.2, 0.25) is 5.02 Å². The van der Waals surface area contributed by atoms with Gasteiger partial charge in [-0.15, -0.1) is 0 Å². The number of fused-ring (bicyclic) bond motifs is 1. The van der Waals surface area contributed by atoms with E-state index in [1.807, 2.05) is 0 Å². The van der Waals surface area contributed by atoms with Crippen molar-refractivity contribution < 1.29 is 33.0 Å². The van der Waals surface area contributed by atoms with Crippen molar-refractivity contribution in [1.29, 1.82) is 0 Å². The lowest BCUT2D eigenvalue weighted by molar-refractivity contribution is -0.148. The Labute approximate surface area is 179 Å². The Bertz CT molecular complexity index is 1060. The zero-order valence-electron chi connectivity index (χ0n) is 15.8. The second-order valence-corrected chi connectivity index (χ2v) is 7.90. The van der Waals surface area contributed by atoms with E-state index in [1.54, 1.807) is 0 Å². The van der Waals surface area contributed by atoms with E-state index >= 15 is 0 Å². The predicted octanol–water partition coefficient (Wildman–Crippen LogP) is 2.10. The van der Waals surface area contributed by atoms with Gasteiger partial charge in [-0.1, -0.05) is 11.6 Å². The summed E-state index contributed by atoms with van der Waals surface area (Å²) in [4.78, 5) is 25.2. The van der Waals surface area contributed by atoms with Crippen molar-refractivity contribution >= 4 is 34.8 Å². The van der Waals surface area contributed by atoms with Crippen LogP contribution < -0.4 is 15.5 Å². The fourth-order valence-electron chi connectivity index (χ4n) is 3.75. The van der Waals surface area contributed by atoms with Crippen molar-refractivity contribution in [2.24, 2.45) is 0 Å². The van der Waals surface area contributed by atoms with E-state index in [4.69, 9.17) is 11.6 Å². The van der Waals surface area contributed by atoms with Crippen molar-refractivity contribution in [1.82, 2.24) is 5.32 Å². The van der Waals surface area contributed by atoms with Crippen molar-refractivity contribution in [2.45, 2.75) is 30.7 Å². The average Bonchev–Trinajstić information content (AvgIpc) is 3.13. The lowest BCUT2D eigenvalue weighted by Gasteiger charge is -2.30. The Hall–Kier alpha value is -2.82. The minimum absolute atomic E-state index is 0.0113. The molecule has 0 bridgehead atoms. The summed E-state index contributed by atoms with van der Waals surface area (Å²) in [5.41, 5.74) is -2.36. The minimum atomic E-state index is -3.73. The number of carbonyl (C=O) groups excluding carboxylic acids is 2. The molecule has 2 aliphatic heterocycles. The third-order valence-corrected chi connectivity index (χ3v) is 5.65. The molecular weight excluding hydrogens is 439 g/mol. The normalized spacial score (nSPS) is 24.1. The Morgan fingerprint density at radius 2 is 2.03 bits per heavy atom. The minimum Gasteiger partial charge on any atom is -0.376 e. The molecule has 2 amide bonds. The van der Waals surface area contributed by atoms with Crippen LogP contribution in [0, 0.1) is 5.82 Å². The molecule has 4 rings (SSSR count). The summed E-state index contributed by atoms with van der Waals surface area (Å²) in [5, 5.41) is 26.0. The molecule has 1 unspecified atom stereocenters. The van der Waals surface area contributed by atoms with Gasteiger partial charge < -0.3 is 25.7 Å². The molecule has 2 heterocycles. The zero-order chi connectivity index (χ0) is 22.6. The van der Waals surface area contributed by atoms with Crippen LogP contribution in [-0.2, 0) is 22.1 Å². The van der Waals surface area contributed by atoms with Gasteiger partial charge in [-0.25, -0.2) is 4.39 Å². The van der Waals surface area contributed by atoms with Crippen molar-refractivity contribution in [2.75, 3.05) is 16.8 Å². The van der Waals surface area contributed by atoms with Crippen molar-refractivity contribution in [3.8, 4) is 0 Å². The number of amides is 2. The lowest BCUT2D eigenvalue weighted by atomic mass is 10.00. The first-order valence-corrected chi connectivity index (χ1v) is 9.64. The molecule has 4 N–H and O–H groups in total. The Kier molecular flexibility index (Phi) is 5.11. The molecule has 1 saturated heterocycles. The van der Waals surface area contributed by atoms with E-state index in [0.717, 1.165) is 18.2 Å². The number of anilines is 2. The number of hydrogen-bond acceptors (Lipinski definition) is 5. The number of rotatable bonds is 4. The molecule has 0 spiro atoms. The molecule has 2 atom stereocenters. The number of hydrogen-bond donors (Lipinski definition) is 4. The SMILES string of the molecule is O=C1Nc2ccc(N3CC[C@](O)(C(=O)NCc4cc(F)cc(Cl)c4)C3O)cc2C1(F)F. The topological polar surface area (TPSA) is 102 Å². The van der Waals surface area contributed by atoms with Crippen LogP contribution in [0.1, 0.15) is 17.5 Å². The van der Waals surface area contributed by atoms with E-state index in [1.165, 1.54) is 23.1 Å². The zero-order valence-corrected chi connectivity index (χ0v) is 16.6. The van der Waals surface area contributed by atoms with E-state index in [0.29, 0.717) is 5.56 Å². The van der Waals surface area contributed by atoms with E-state index in [-0.39, 0.29) is 35.9 Å². The van der Waals surface area contributed by atoms with Crippen molar-refractivity contribution in [3.63, 3.8) is 0 Å². The highest BCUT2D eigenvalue weighted by Crippen LogP contribution is 2.43. The molecule has 11 heteroatoms. The number of halogens is 4. The molecule has 0 aliphatic carbocycles. The maximum Gasteiger partial charge on any atom is 0.352 e. The molecule has 164 valence electrons. The third kappa shape index (κ3) is 3.60. The van der Waals surface area contributed by atoms with Gasteiger partial charge in [-0.05, 0) is 42.0 Å². The van der Waals surface area contributed by atoms with E-state index in [2.05, 4.69) is 10.6 Å². The Balaban J connectivity index is 1.50. The van der Waals surface area contributed by atoms with E-state index < -0.39 is 40.9 Å². The van der Waals surface area contributed by atoms with Gasteiger partial charge in [-0.3, -0.25) is 9.59 Å². The average molecular weight is 456 g/mol. The van der Waals surface area contributed by atoms with Crippen LogP contribution in [0.3, 0.4) is 0 Å². The molecule has 1 fully saturated rings. The van der Waals surface area contributed by atoms with Crippen LogP contribution in [0.4, 0.5) is 24.5 Å². The monoisotopic (exact) mass is 455 g/mol. The number of nitrogens with one attached hydrogen (secondary N) is 2. The van der Waals surface area contributed by atoms with Gasteiger partial charge >= 0.3 is 5.92 Å². The standard InChI is InChI=1S/C20H17ClF3N3O4/c21-11-5-10(6-12(22)7-11)9-25-16(28)19(31)3-4-27(18(19)30)13-1-2-15-14(8-13)20(23,24)17(29)26-15/h1-2,5-8,18,30-31H,3-4,9H2,(H,25,28)(H,26,29)/t18?,19-/m0/s1. The van der Waals surface area contributed by atoms with Crippen LogP contribution in [0.15, 0.2) is 36.4 Å². The molecule has 2 aromatic carbocycles. The predicted molar refractivity (Wildman–Crippen MR) is 105 cm³/mol. The first-order chi connectivity index (χ1) is 14.5. The largest absolute Gasteiger partial charge is 0.376 e. The maximum absolute atomic E-state index is 14.1. The number of benzene rings is 2. The first kappa shape index (κ1) is 21.4. The second kappa shape index (κ2) is 7.40. The summed E-state index contributed by atoms with van der Waals surface area (Å²) in [6, 6.07) is 7.39. The molecule has 31 heavy (non-hydrogen) atoms. The van der Waals surface area contributed by atoms with Crippen LogP contribution in [-0.4, -0.2) is 40.4 Å². The highest BCUT2D eigenvalue weighted by atomic mass is 35.5. The smallest absolute Gasteiger partial charge is 0.352 e. The van der Waals surface area contributed by atoms with E-state index in [9.17, 15) is 33.0 Å². The summed E-state index contributed by atoms with van der Waals surface area (Å²) >= 11 is 5.77. The number of nitrogens with zero attached hydrogens (tertiary/aromatic N) is 1. The van der Waals surface area contributed by atoms with Gasteiger partial charge in [0.25, 0.3) is 11.8 Å². The van der Waals surface area contributed by atoms with Gasteiger partial charge in [0.15, 0.2) is 11.8 Å². The van der Waals surface area contributed by atoms with Gasteiger partial charge in [0.2, 0.25) is 0 Å². The summed E-state index contributed by atoms with van der Waals surface area (Å²) in [5.74, 6) is -6.68. The van der Waals surface area contributed by atoms with Crippen LogP contribution in [0.25, 0.3) is 0 Å². The molecule has 0 saturated carbocycles. The van der Waals surface area contributed by atoms with Gasteiger partial charge in [0.05, 0.1) is 11.3 Å². The summed E-state index contributed by atoms with van der Waals surface area (Å²) < 4.78 is 41.5. The number of aliphatic hydroxyl groups is 2. The quantitative estimate of drug-likeness (QED) is 0.565. The van der Waals surface area contributed by atoms with Gasteiger partial charge in [0, 0.05) is 30.2 Å². The first-order valence-electron chi connectivity index (χ1n) is 9.26. The highest BCUT2D eigenvalue weighted by Gasteiger charge is 2.52. The molecule has 2 aliphatic rings. The Morgan fingerprint density at radius 1 is 1.29 bits per heavy atom. The third-order valence-electron chi connectivity index (χ3n) is 5.43. The molecule has 2 aromatic rings. The summed E-state index contributed by atoms with van der Waals surface area (Å²) in [7, 11) is 0. The van der Waals surface area contributed by atoms with Crippen LogP contribution in [0.5, 0.6) is 0 Å².